The highest BCUT2D eigenvalue weighted by Gasteiger charge is 2.21. The van der Waals surface area contributed by atoms with Gasteiger partial charge in [0.15, 0.2) is 5.75 Å². The lowest BCUT2D eigenvalue weighted by Gasteiger charge is -2.24. The van der Waals surface area contributed by atoms with Gasteiger partial charge in [-0.15, -0.1) is 0 Å². The van der Waals surface area contributed by atoms with E-state index in [-0.39, 0.29) is 18.1 Å². The van der Waals surface area contributed by atoms with Gasteiger partial charge in [-0.1, -0.05) is 67.6 Å². The van der Waals surface area contributed by atoms with Gasteiger partial charge in [-0.05, 0) is 66.9 Å². The maximum atomic E-state index is 12.6. The topological polar surface area (TPSA) is 105 Å². The maximum absolute atomic E-state index is 12.6. The SMILES string of the molecule is CCC(=O)N(CCCOc1ccc(CC(Nc2ccccc2OC(=O)c2ccccc2)C(=O)O)cc1)c1ccccc1C. The van der Waals surface area contributed by atoms with E-state index in [1.165, 1.54) is 0 Å². The minimum Gasteiger partial charge on any atom is -0.494 e. The molecular weight excluding hydrogens is 544 g/mol. The molecule has 0 heterocycles. The second-order valence-corrected chi connectivity index (χ2v) is 10.0. The summed E-state index contributed by atoms with van der Waals surface area (Å²) < 4.78 is 11.5. The van der Waals surface area contributed by atoms with Crippen molar-refractivity contribution in [3.8, 4) is 11.5 Å². The number of carbonyl (C=O) groups excluding carboxylic acids is 2. The van der Waals surface area contributed by atoms with Crippen LogP contribution < -0.4 is 19.7 Å². The zero-order chi connectivity index (χ0) is 30.6. The van der Waals surface area contributed by atoms with Crippen molar-refractivity contribution >= 4 is 29.2 Å². The van der Waals surface area contributed by atoms with E-state index in [2.05, 4.69) is 5.32 Å². The van der Waals surface area contributed by atoms with Crippen molar-refractivity contribution in [2.75, 3.05) is 23.4 Å². The number of para-hydroxylation sites is 3. The highest BCUT2D eigenvalue weighted by molar-refractivity contribution is 5.94. The molecule has 4 aromatic carbocycles. The van der Waals surface area contributed by atoms with E-state index < -0.39 is 18.0 Å². The molecule has 0 saturated carbocycles. The van der Waals surface area contributed by atoms with Crippen LogP contribution in [0, 0.1) is 6.92 Å². The van der Waals surface area contributed by atoms with Crippen molar-refractivity contribution in [1.82, 2.24) is 0 Å². The fourth-order valence-corrected chi connectivity index (χ4v) is 4.60. The van der Waals surface area contributed by atoms with Crippen LogP contribution in [0.15, 0.2) is 103 Å². The van der Waals surface area contributed by atoms with Crippen LogP contribution in [0.1, 0.15) is 41.3 Å². The first-order valence-corrected chi connectivity index (χ1v) is 14.3. The smallest absolute Gasteiger partial charge is 0.343 e. The molecule has 2 N–H and O–H groups in total. The predicted octanol–water partition coefficient (Wildman–Crippen LogP) is 6.53. The van der Waals surface area contributed by atoms with Gasteiger partial charge in [0.25, 0.3) is 0 Å². The number of carboxylic acids is 1. The third-order valence-electron chi connectivity index (χ3n) is 6.89. The number of hydrogen-bond donors (Lipinski definition) is 2. The zero-order valence-corrected chi connectivity index (χ0v) is 24.4. The summed E-state index contributed by atoms with van der Waals surface area (Å²) in [5.74, 6) is -0.599. The normalized spacial score (nSPS) is 11.3. The number of rotatable bonds is 14. The molecule has 0 saturated heterocycles. The Morgan fingerprint density at radius 3 is 2.23 bits per heavy atom. The zero-order valence-electron chi connectivity index (χ0n) is 24.4. The second kappa shape index (κ2) is 15.2. The minimum absolute atomic E-state index is 0.0669. The lowest BCUT2D eigenvalue weighted by atomic mass is 10.1. The van der Waals surface area contributed by atoms with E-state index in [9.17, 15) is 19.5 Å². The van der Waals surface area contributed by atoms with Gasteiger partial charge in [-0.2, -0.15) is 0 Å². The molecule has 222 valence electrons. The number of nitrogens with one attached hydrogen (secondary N) is 1. The molecule has 8 heteroatoms. The van der Waals surface area contributed by atoms with Gasteiger partial charge < -0.3 is 24.8 Å². The molecule has 0 aliphatic carbocycles. The van der Waals surface area contributed by atoms with Crippen LogP contribution in [0.2, 0.25) is 0 Å². The van der Waals surface area contributed by atoms with E-state index in [1.54, 1.807) is 66.7 Å². The van der Waals surface area contributed by atoms with E-state index >= 15 is 0 Å². The number of aliphatic carboxylic acids is 1. The summed E-state index contributed by atoms with van der Waals surface area (Å²) >= 11 is 0. The molecule has 1 unspecified atom stereocenters. The Bertz CT molecular complexity index is 1520. The molecule has 0 aliphatic rings. The highest BCUT2D eigenvalue weighted by atomic mass is 16.5. The van der Waals surface area contributed by atoms with Gasteiger partial charge in [-0.25, -0.2) is 9.59 Å². The van der Waals surface area contributed by atoms with Crippen LogP contribution in [0.4, 0.5) is 11.4 Å². The van der Waals surface area contributed by atoms with Crippen molar-refractivity contribution in [2.24, 2.45) is 0 Å². The predicted molar refractivity (Wildman–Crippen MR) is 167 cm³/mol. The number of ether oxygens (including phenoxy) is 2. The molecule has 4 aromatic rings. The fraction of sp³-hybridized carbons (Fsp3) is 0.229. The van der Waals surface area contributed by atoms with Crippen molar-refractivity contribution < 1.29 is 29.0 Å². The van der Waals surface area contributed by atoms with Crippen LogP contribution in [0.3, 0.4) is 0 Å². The summed E-state index contributed by atoms with van der Waals surface area (Å²) in [5, 5.41) is 12.9. The summed E-state index contributed by atoms with van der Waals surface area (Å²) in [6.07, 6.45) is 1.27. The molecule has 0 bridgehead atoms. The molecule has 4 rings (SSSR count). The number of amides is 1. The summed E-state index contributed by atoms with van der Waals surface area (Å²) in [7, 11) is 0. The molecule has 0 spiro atoms. The van der Waals surface area contributed by atoms with Gasteiger partial charge in [0.2, 0.25) is 5.91 Å². The average Bonchev–Trinajstić information content (AvgIpc) is 3.03. The Morgan fingerprint density at radius 1 is 0.860 bits per heavy atom. The van der Waals surface area contributed by atoms with Crippen LogP contribution >= 0.6 is 0 Å². The van der Waals surface area contributed by atoms with Gasteiger partial charge in [0.05, 0.1) is 17.9 Å². The van der Waals surface area contributed by atoms with Crippen LogP contribution in [0.25, 0.3) is 0 Å². The quantitative estimate of drug-likeness (QED) is 0.0992. The summed E-state index contributed by atoms with van der Waals surface area (Å²) in [6, 6.07) is 29.5. The summed E-state index contributed by atoms with van der Waals surface area (Å²) in [5.41, 5.74) is 3.56. The van der Waals surface area contributed by atoms with Crippen molar-refractivity contribution in [1.29, 1.82) is 0 Å². The monoisotopic (exact) mass is 580 g/mol. The number of carbonyl (C=O) groups is 3. The largest absolute Gasteiger partial charge is 0.494 e. The number of carboxylic acid groups (broad SMARTS) is 1. The van der Waals surface area contributed by atoms with Crippen molar-refractivity contribution in [3.05, 3.63) is 120 Å². The number of anilines is 2. The maximum Gasteiger partial charge on any atom is 0.343 e. The number of aryl methyl sites for hydroxylation is 1. The molecule has 1 atom stereocenters. The third-order valence-corrected chi connectivity index (χ3v) is 6.89. The van der Waals surface area contributed by atoms with Crippen LogP contribution in [-0.4, -0.2) is 42.1 Å². The van der Waals surface area contributed by atoms with Crippen LogP contribution in [-0.2, 0) is 16.0 Å². The van der Waals surface area contributed by atoms with Gasteiger partial charge in [0, 0.05) is 25.1 Å². The molecule has 0 radical (unpaired) electrons. The minimum atomic E-state index is -1.04. The summed E-state index contributed by atoms with van der Waals surface area (Å²) in [4.78, 5) is 39.1. The van der Waals surface area contributed by atoms with Crippen molar-refractivity contribution in [3.63, 3.8) is 0 Å². The van der Waals surface area contributed by atoms with Gasteiger partial charge in [0.1, 0.15) is 11.8 Å². The first kappa shape index (κ1) is 30.8. The molecule has 1 amide bonds. The van der Waals surface area contributed by atoms with Gasteiger partial charge in [-0.3, -0.25) is 4.79 Å². The van der Waals surface area contributed by atoms with E-state index in [0.29, 0.717) is 43.0 Å². The molecule has 0 fully saturated rings. The molecular formula is C35H36N2O6. The van der Waals surface area contributed by atoms with E-state index in [4.69, 9.17) is 9.47 Å². The number of hydrogen-bond acceptors (Lipinski definition) is 6. The average molecular weight is 581 g/mol. The molecule has 0 aliphatic heterocycles. The Balaban J connectivity index is 1.33. The van der Waals surface area contributed by atoms with Crippen LogP contribution in [0.5, 0.6) is 11.5 Å². The Morgan fingerprint density at radius 2 is 1.53 bits per heavy atom. The Hall–Kier alpha value is -5.11. The third kappa shape index (κ3) is 8.69. The van der Waals surface area contributed by atoms with Gasteiger partial charge >= 0.3 is 11.9 Å². The standard InChI is InChI=1S/C35H36N2O6/c1-3-33(38)37(31-16-9-7-12-25(31)2)22-11-23-42-28-20-18-26(19-21-28)24-30(34(39)40)36-29-15-8-10-17-32(29)43-35(41)27-13-5-4-6-14-27/h4-10,12-21,30,36H,3,11,22-24H2,1-2H3,(H,39,40). The van der Waals surface area contributed by atoms with E-state index in [1.807, 2.05) is 55.1 Å². The first-order valence-electron chi connectivity index (χ1n) is 14.3. The second-order valence-electron chi connectivity index (χ2n) is 10.0. The lowest BCUT2D eigenvalue weighted by molar-refractivity contribution is -0.137. The summed E-state index contributed by atoms with van der Waals surface area (Å²) in [6.45, 7) is 4.82. The number of nitrogens with zero attached hydrogens (tertiary/aromatic N) is 1. The van der Waals surface area contributed by atoms with Crippen molar-refractivity contribution in [2.45, 2.75) is 39.2 Å². The van der Waals surface area contributed by atoms with E-state index in [0.717, 1.165) is 16.8 Å². The number of esters is 1. The lowest BCUT2D eigenvalue weighted by Crippen LogP contribution is -2.32. The molecule has 0 aromatic heterocycles. The highest BCUT2D eigenvalue weighted by Crippen LogP contribution is 2.27. The molecule has 8 nitrogen and oxygen atoms in total. The molecule has 43 heavy (non-hydrogen) atoms. The fourth-order valence-electron chi connectivity index (χ4n) is 4.60. The number of benzene rings is 4. The first-order chi connectivity index (χ1) is 20.9. The Kier molecular flexibility index (Phi) is 10.9. The Labute approximate surface area is 251 Å².